The van der Waals surface area contributed by atoms with Gasteiger partial charge in [-0.05, 0) is 23.6 Å². The molecule has 2 rings (SSSR count). The van der Waals surface area contributed by atoms with Crippen LogP contribution in [0, 0.1) is 6.92 Å². The molecule has 0 radical (unpaired) electrons. The Bertz CT molecular complexity index is 679. The predicted molar refractivity (Wildman–Crippen MR) is 88.9 cm³/mol. The average molecular weight is 351 g/mol. The van der Waals surface area contributed by atoms with Crippen LogP contribution in [0.5, 0.6) is 0 Å². The Labute approximate surface area is 144 Å². The lowest BCUT2D eigenvalue weighted by Crippen LogP contribution is -2.24. The molecule has 1 N–H and O–H groups in total. The quantitative estimate of drug-likeness (QED) is 0.821. The van der Waals surface area contributed by atoms with E-state index in [-0.39, 0.29) is 12.5 Å². The maximum atomic E-state index is 12.0. The molecule has 0 aliphatic rings. The number of amides is 1. The molecular formula is C19H20F3NO2. The van der Waals surface area contributed by atoms with Crippen molar-refractivity contribution in [2.75, 3.05) is 6.61 Å². The van der Waals surface area contributed by atoms with E-state index in [1.807, 2.05) is 31.2 Å². The minimum absolute atomic E-state index is 0.0820. The summed E-state index contributed by atoms with van der Waals surface area (Å²) >= 11 is 0. The van der Waals surface area contributed by atoms with Gasteiger partial charge in [0.15, 0.2) is 0 Å². The van der Waals surface area contributed by atoms with Crippen molar-refractivity contribution in [1.82, 2.24) is 5.32 Å². The highest BCUT2D eigenvalue weighted by molar-refractivity contribution is 5.78. The van der Waals surface area contributed by atoms with Gasteiger partial charge in [-0.25, -0.2) is 0 Å². The lowest BCUT2D eigenvalue weighted by atomic mass is 10.1. The zero-order chi connectivity index (χ0) is 18.3. The lowest BCUT2D eigenvalue weighted by Gasteiger charge is -2.09. The van der Waals surface area contributed by atoms with Gasteiger partial charge >= 0.3 is 6.18 Å². The van der Waals surface area contributed by atoms with E-state index in [0.29, 0.717) is 18.5 Å². The second-order valence-electron chi connectivity index (χ2n) is 5.86. The van der Waals surface area contributed by atoms with E-state index >= 15 is 0 Å². The van der Waals surface area contributed by atoms with Gasteiger partial charge in [-0.3, -0.25) is 4.79 Å². The third kappa shape index (κ3) is 7.39. The van der Waals surface area contributed by atoms with Crippen molar-refractivity contribution >= 4 is 5.91 Å². The van der Waals surface area contributed by atoms with E-state index in [2.05, 4.69) is 10.1 Å². The van der Waals surface area contributed by atoms with Gasteiger partial charge in [0, 0.05) is 6.54 Å². The fourth-order valence-corrected chi connectivity index (χ4v) is 2.19. The van der Waals surface area contributed by atoms with Gasteiger partial charge in [-0.15, -0.1) is 0 Å². The number of rotatable bonds is 7. The number of ether oxygens (including phenoxy) is 1. The number of halogens is 3. The first-order chi connectivity index (χ1) is 11.8. The van der Waals surface area contributed by atoms with Gasteiger partial charge in [0.25, 0.3) is 0 Å². The maximum absolute atomic E-state index is 12.0. The van der Waals surface area contributed by atoms with Gasteiger partial charge in [-0.2, -0.15) is 13.2 Å². The largest absolute Gasteiger partial charge is 0.411 e. The molecule has 0 bridgehead atoms. The van der Waals surface area contributed by atoms with E-state index in [1.54, 1.807) is 24.3 Å². The molecule has 1 amide bonds. The summed E-state index contributed by atoms with van der Waals surface area (Å²) < 4.78 is 40.6. The first kappa shape index (κ1) is 19.0. The second kappa shape index (κ2) is 8.67. The number of hydrogen-bond acceptors (Lipinski definition) is 2. The third-order valence-corrected chi connectivity index (χ3v) is 3.53. The minimum Gasteiger partial charge on any atom is -0.367 e. The van der Waals surface area contributed by atoms with Gasteiger partial charge in [0.2, 0.25) is 5.91 Å². The molecule has 2 aromatic carbocycles. The minimum atomic E-state index is -4.32. The molecule has 0 heterocycles. The zero-order valence-electron chi connectivity index (χ0n) is 13.9. The van der Waals surface area contributed by atoms with Crippen molar-refractivity contribution in [3.63, 3.8) is 0 Å². The number of alkyl halides is 3. The number of hydrogen-bond donors (Lipinski definition) is 1. The summed E-state index contributed by atoms with van der Waals surface area (Å²) in [6, 6.07) is 14.7. The first-order valence-corrected chi connectivity index (χ1v) is 7.86. The Morgan fingerprint density at radius 2 is 1.52 bits per heavy atom. The van der Waals surface area contributed by atoms with Crippen LogP contribution in [-0.2, 0) is 29.1 Å². The van der Waals surface area contributed by atoms with Crippen molar-refractivity contribution in [3.8, 4) is 0 Å². The monoisotopic (exact) mass is 351 g/mol. The van der Waals surface area contributed by atoms with Gasteiger partial charge in [-0.1, -0.05) is 54.1 Å². The van der Waals surface area contributed by atoms with E-state index in [9.17, 15) is 18.0 Å². The fraction of sp³-hybridized carbons (Fsp3) is 0.316. The number of aryl methyl sites for hydroxylation is 1. The van der Waals surface area contributed by atoms with Gasteiger partial charge in [0.1, 0.15) is 6.61 Å². The van der Waals surface area contributed by atoms with E-state index in [0.717, 1.165) is 16.7 Å². The van der Waals surface area contributed by atoms with Gasteiger partial charge in [0.05, 0.1) is 13.0 Å². The number of carbonyl (C=O) groups excluding carboxylic acids is 1. The summed E-state index contributed by atoms with van der Waals surface area (Å²) in [4.78, 5) is 11.9. The highest BCUT2D eigenvalue weighted by Crippen LogP contribution is 2.15. The van der Waals surface area contributed by atoms with Crippen LogP contribution in [0.15, 0.2) is 48.5 Å². The van der Waals surface area contributed by atoms with E-state index in [1.165, 1.54) is 0 Å². The molecule has 0 aromatic heterocycles. The Balaban J connectivity index is 1.75. The molecule has 0 unspecified atom stereocenters. The Kier molecular flexibility index (Phi) is 6.58. The molecule has 2 aromatic rings. The molecule has 0 saturated heterocycles. The smallest absolute Gasteiger partial charge is 0.367 e. The van der Waals surface area contributed by atoms with Crippen LogP contribution >= 0.6 is 0 Å². The van der Waals surface area contributed by atoms with Crippen LogP contribution in [0.4, 0.5) is 13.2 Å². The van der Waals surface area contributed by atoms with Crippen molar-refractivity contribution < 1.29 is 22.7 Å². The molecular weight excluding hydrogens is 331 g/mol. The van der Waals surface area contributed by atoms with Crippen LogP contribution < -0.4 is 5.32 Å². The highest BCUT2D eigenvalue weighted by atomic mass is 19.4. The summed E-state index contributed by atoms with van der Waals surface area (Å²) in [7, 11) is 0. The standard InChI is InChI=1S/C19H20F3NO2/c1-14-2-4-15(5-3-14)10-18(24)23-11-16-6-8-17(9-7-16)12-25-13-19(20,21)22/h2-9H,10-13H2,1H3,(H,23,24). The number of carbonyl (C=O) groups is 1. The molecule has 25 heavy (non-hydrogen) atoms. The van der Waals surface area contributed by atoms with Gasteiger partial charge < -0.3 is 10.1 Å². The Morgan fingerprint density at radius 1 is 0.960 bits per heavy atom. The highest BCUT2D eigenvalue weighted by Gasteiger charge is 2.27. The molecule has 134 valence electrons. The molecule has 3 nitrogen and oxygen atoms in total. The molecule has 0 aliphatic heterocycles. The zero-order valence-corrected chi connectivity index (χ0v) is 13.9. The molecule has 0 spiro atoms. The van der Waals surface area contributed by atoms with Crippen LogP contribution in [0.25, 0.3) is 0 Å². The van der Waals surface area contributed by atoms with Crippen LogP contribution in [-0.4, -0.2) is 18.7 Å². The Hall–Kier alpha value is -2.34. The molecule has 0 fully saturated rings. The lowest BCUT2D eigenvalue weighted by molar-refractivity contribution is -0.176. The number of benzene rings is 2. The fourth-order valence-electron chi connectivity index (χ4n) is 2.19. The summed E-state index contributed by atoms with van der Waals surface area (Å²) in [5.74, 6) is -0.0820. The molecule has 0 saturated carbocycles. The number of nitrogens with one attached hydrogen (secondary N) is 1. The van der Waals surface area contributed by atoms with Crippen LogP contribution in [0.1, 0.15) is 22.3 Å². The second-order valence-corrected chi connectivity index (χ2v) is 5.86. The molecule has 0 aliphatic carbocycles. The Morgan fingerprint density at radius 3 is 2.12 bits per heavy atom. The predicted octanol–water partition coefficient (Wildman–Crippen LogP) is 3.93. The van der Waals surface area contributed by atoms with Crippen molar-refractivity contribution in [3.05, 3.63) is 70.8 Å². The van der Waals surface area contributed by atoms with E-state index < -0.39 is 12.8 Å². The maximum Gasteiger partial charge on any atom is 0.411 e. The normalized spacial score (nSPS) is 11.4. The van der Waals surface area contributed by atoms with Crippen molar-refractivity contribution in [2.24, 2.45) is 0 Å². The summed E-state index contributed by atoms with van der Waals surface area (Å²) in [6.45, 7) is 0.999. The third-order valence-electron chi connectivity index (χ3n) is 3.53. The topological polar surface area (TPSA) is 38.3 Å². The van der Waals surface area contributed by atoms with Crippen LogP contribution in [0.3, 0.4) is 0 Å². The first-order valence-electron chi connectivity index (χ1n) is 7.86. The molecule has 6 heteroatoms. The summed E-state index contributed by atoms with van der Waals surface area (Å²) in [5, 5.41) is 2.83. The van der Waals surface area contributed by atoms with E-state index in [4.69, 9.17) is 0 Å². The summed E-state index contributed by atoms with van der Waals surface area (Å²) in [5.41, 5.74) is 3.61. The molecule has 0 atom stereocenters. The van der Waals surface area contributed by atoms with Crippen molar-refractivity contribution in [2.45, 2.75) is 32.7 Å². The SMILES string of the molecule is Cc1ccc(CC(=O)NCc2ccc(COCC(F)(F)F)cc2)cc1. The average Bonchev–Trinajstić information content (AvgIpc) is 2.55. The summed E-state index contributed by atoms with van der Waals surface area (Å²) in [6.07, 6.45) is -4.01. The van der Waals surface area contributed by atoms with Crippen LogP contribution in [0.2, 0.25) is 0 Å². The van der Waals surface area contributed by atoms with Crippen molar-refractivity contribution in [1.29, 1.82) is 0 Å².